The van der Waals surface area contributed by atoms with E-state index in [0.717, 1.165) is 63.2 Å². The number of amides is 1. The first-order valence-corrected chi connectivity index (χ1v) is 16.0. The number of para-hydroxylation sites is 1. The van der Waals surface area contributed by atoms with Crippen molar-refractivity contribution < 1.29 is 28.2 Å². The van der Waals surface area contributed by atoms with Gasteiger partial charge in [0.25, 0.3) is 5.91 Å². The van der Waals surface area contributed by atoms with Crippen LogP contribution in [0, 0.1) is 11.7 Å². The molecule has 2 aromatic carbocycles. The highest BCUT2D eigenvalue weighted by molar-refractivity contribution is 8.00. The number of benzene rings is 2. The molecular formula is C31H36ClFN4O5S. The van der Waals surface area contributed by atoms with Crippen LogP contribution in [0.4, 0.5) is 10.1 Å². The van der Waals surface area contributed by atoms with Gasteiger partial charge < -0.3 is 14.8 Å². The number of halogens is 2. The molecule has 0 spiro atoms. The van der Waals surface area contributed by atoms with E-state index in [9.17, 15) is 14.4 Å². The molecule has 1 amide bonds. The number of ketones is 1. The summed E-state index contributed by atoms with van der Waals surface area (Å²) in [4.78, 5) is 40.1. The number of rotatable bonds is 11. The SMILES string of the molecule is COC(=O)C1CCC(OC(SCC(=O)Cc2cc(Cl)c(NC(=O)c3nn(C)c4ccccc34)cc2F)N2CCCC2)CC1. The molecule has 5 rings (SSSR count). The lowest BCUT2D eigenvalue weighted by Gasteiger charge is -2.34. The van der Waals surface area contributed by atoms with Crippen LogP contribution in [0.15, 0.2) is 36.4 Å². The number of thioether (sulfide) groups is 1. The van der Waals surface area contributed by atoms with Gasteiger partial charge in [-0.3, -0.25) is 24.0 Å². The maximum Gasteiger partial charge on any atom is 0.308 e. The standard InChI is InChI=1S/C31H36ClFN4O5S/c1-36-27-8-4-3-7-23(27)28(35-36)29(39)34-26-17-25(33)20(16-24(26)32)15-21(38)18-43-31(37-13-5-6-14-37)42-22-11-9-19(10-12-22)30(40)41-2/h3-4,7-8,16-17,19,22,31H,5-6,9-15,18H2,1-2H3,(H,34,39). The van der Waals surface area contributed by atoms with Gasteiger partial charge in [-0.1, -0.05) is 29.8 Å². The average Bonchev–Trinajstić information content (AvgIpc) is 3.66. The molecule has 0 bridgehead atoms. The van der Waals surface area contributed by atoms with Gasteiger partial charge in [0.2, 0.25) is 0 Å². The minimum absolute atomic E-state index is 0.0113. The quantitative estimate of drug-likeness (QED) is 0.216. The van der Waals surface area contributed by atoms with Crippen molar-refractivity contribution in [3.63, 3.8) is 0 Å². The number of hydrogen-bond donors (Lipinski definition) is 1. The van der Waals surface area contributed by atoms with Crippen LogP contribution in [-0.4, -0.2) is 70.0 Å². The predicted octanol–water partition coefficient (Wildman–Crippen LogP) is 5.59. The maximum absolute atomic E-state index is 15.1. The van der Waals surface area contributed by atoms with Gasteiger partial charge in [-0.15, -0.1) is 11.8 Å². The van der Waals surface area contributed by atoms with Crippen molar-refractivity contribution in [3.05, 3.63) is 58.5 Å². The molecule has 1 atom stereocenters. The van der Waals surface area contributed by atoms with Crippen LogP contribution in [0.3, 0.4) is 0 Å². The van der Waals surface area contributed by atoms with Gasteiger partial charge in [-0.25, -0.2) is 4.39 Å². The molecule has 0 radical (unpaired) electrons. The van der Waals surface area contributed by atoms with Crippen molar-refractivity contribution in [1.29, 1.82) is 0 Å². The number of Topliss-reactive ketones (excluding diaryl/α,β-unsaturated/α-hetero) is 1. The number of nitrogens with zero attached hydrogens (tertiary/aromatic N) is 3. The molecule has 1 unspecified atom stereocenters. The molecule has 230 valence electrons. The van der Waals surface area contributed by atoms with E-state index in [2.05, 4.69) is 15.3 Å². The number of aryl methyl sites for hydroxylation is 1. The summed E-state index contributed by atoms with van der Waals surface area (Å²) in [5.41, 5.74) is 0.988. The number of carbonyl (C=O) groups is 3. The van der Waals surface area contributed by atoms with Crippen molar-refractivity contribution in [2.45, 2.75) is 56.6 Å². The Bertz CT molecular complexity index is 1490. The molecule has 1 N–H and O–H groups in total. The van der Waals surface area contributed by atoms with Crippen LogP contribution < -0.4 is 5.32 Å². The lowest BCUT2D eigenvalue weighted by atomic mass is 9.87. The van der Waals surface area contributed by atoms with Gasteiger partial charge in [0.1, 0.15) is 11.6 Å². The Balaban J connectivity index is 1.18. The fourth-order valence-corrected chi connectivity index (χ4v) is 7.08. The van der Waals surface area contributed by atoms with Crippen molar-refractivity contribution in [2.24, 2.45) is 13.0 Å². The van der Waals surface area contributed by atoms with Crippen molar-refractivity contribution >= 4 is 57.6 Å². The Morgan fingerprint density at radius 3 is 2.58 bits per heavy atom. The van der Waals surface area contributed by atoms with Crippen LogP contribution in [0.5, 0.6) is 0 Å². The van der Waals surface area contributed by atoms with E-state index in [-0.39, 0.29) is 63.5 Å². The van der Waals surface area contributed by atoms with Crippen molar-refractivity contribution in [2.75, 3.05) is 31.3 Å². The third-order valence-electron chi connectivity index (χ3n) is 8.09. The summed E-state index contributed by atoms with van der Waals surface area (Å²) < 4.78 is 28.0. The molecule has 1 aromatic heterocycles. The van der Waals surface area contributed by atoms with Crippen molar-refractivity contribution in [3.8, 4) is 0 Å². The smallest absolute Gasteiger partial charge is 0.308 e. The first-order valence-electron chi connectivity index (χ1n) is 14.5. The third kappa shape index (κ3) is 7.57. The van der Waals surface area contributed by atoms with E-state index in [1.807, 2.05) is 18.2 Å². The van der Waals surface area contributed by atoms with E-state index >= 15 is 4.39 Å². The van der Waals surface area contributed by atoms with Crippen LogP contribution in [-0.2, 0) is 32.5 Å². The fourth-order valence-electron chi connectivity index (χ4n) is 5.76. The average molecular weight is 631 g/mol. The molecule has 1 saturated heterocycles. The van der Waals surface area contributed by atoms with E-state index in [1.54, 1.807) is 17.8 Å². The minimum atomic E-state index is -0.626. The number of methoxy groups -OCH3 is 1. The first kappa shape index (κ1) is 31.4. The zero-order chi connectivity index (χ0) is 30.5. The molecule has 43 heavy (non-hydrogen) atoms. The first-order chi connectivity index (χ1) is 20.7. The van der Waals surface area contributed by atoms with Gasteiger partial charge in [0.15, 0.2) is 11.3 Å². The van der Waals surface area contributed by atoms with E-state index in [4.69, 9.17) is 21.1 Å². The summed E-state index contributed by atoms with van der Waals surface area (Å²) in [6.45, 7) is 1.80. The monoisotopic (exact) mass is 630 g/mol. The summed E-state index contributed by atoms with van der Waals surface area (Å²) in [5, 5.41) is 7.75. The lowest BCUT2D eigenvalue weighted by molar-refractivity contribution is -0.148. The second-order valence-electron chi connectivity index (χ2n) is 11.1. The number of hydrogen-bond acceptors (Lipinski definition) is 8. The molecule has 1 saturated carbocycles. The zero-order valence-corrected chi connectivity index (χ0v) is 25.9. The minimum Gasteiger partial charge on any atom is -0.469 e. The summed E-state index contributed by atoms with van der Waals surface area (Å²) >= 11 is 7.84. The highest BCUT2D eigenvalue weighted by Gasteiger charge is 2.32. The predicted molar refractivity (Wildman–Crippen MR) is 165 cm³/mol. The maximum atomic E-state index is 15.1. The lowest BCUT2D eigenvalue weighted by Crippen LogP contribution is -2.38. The molecule has 2 heterocycles. The molecular weight excluding hydrogens is 595 g/mol. The molecule has 1 aliphatic carbocycles. The molecule has 1 aliphatic heterocycles. The summed E-state index contributed by atoms with van der Waals surface area (Å²) in [6.07, 6.45) is 5.01. The van der Waals surface area contributed by atoms with Gasteiger partial charge in [-0.2, -0.15) is 5.10 Å². The zero-order valence-electron chi connectivity index (χ0n) is 24.3. The van der Waals surface area contributed by atoms with Gasteiger partial charge in [0, 0.05) is 31.9 Å². The van der Waals surface area contributed by atoms with Crippen LogP contribution in [0.1, 0.15) is 54.6 Å². The summed E-state index contributed by atoms with van der Waals surface area (Å²) in [5.74, 6) is -1.39. The van der Waals surface area contributed by atoms with Crippen LogP contribution in [0.2, 0.25) is 5.02 Å². The van der Waals surface area contributed by atoms with E-state index in [1.165, 1.54) is 24.9 Å². The van der Waals surface area contributed by atoms with E-state index < -0.39 is 11.7 Å². The van der Waals surface area contributed by atoms with Gasteiger partial charge in [0.05, 0.1) is 41.1 Å². The number of aromatic nitrogens is 2. The number of fused-ring (bicyclic) bond motifs is 1. The molecule has 2 aliphatic rings. The summed E-state index contributed by atoms with van der Waals surface area (Å²) in [7, 11) is 3.16. The second-order valence-corrected chi connectivity index (χ2v) is 12.5. The number of ether oxygens (including phenoxy) is 2. The molecule has 12 heteroatoms. The topological polar surface area (TPSA) is 103 Å². The van der Waals surface area contributed by atoms with Gasteiger partial charge >= 0.3 is 5.97 Å². The Kier molecular flexibility index (Phi) is 10.4. The van der Waals surface area contributed by atoms with Gasteiger partial charge in [-0.05, 0) is 62.3 Å². The second kappa shape index (κ2) is 14.2. The molecule has 9 nitrogen and oxygen atoms in total. The van der Waals surface area contributed by atoms with Crippen LogP contribution >= 0.6 is 23.4 Å². The number of anilines is 1. The van der Waals surface area contributed by atoms with E-state index in [0.29, 0.717) is 5.39 Å². The number of likely N-dealkylation sites (tertiary alicyclic amines) is 1. The Morgan fingerprint density at radius 1 is 1.14 bits per heavy atom. The highest BCUT2D eigenvalue weighted by atomic mass is 35.5. The largest absolute Gasteiger partial charge is 0.469 e. The summed E-state index contributed by atoms with van der Waals surface area (Å²) in [6, 6.07) is 9.85. The molecule has 3 aromatic rings. The number of nitrogens with one attached hydrogen (secondary N) is 1. The van der Waals surface area contributed by atoms with Crippen LogP contribution in [0.25, 0.3) is 10.9 Å². The highest BCUT2D eigenvalue weighted by Crippen LogP contribution is 2.32. The molecule has 2 fully saturated rings. The Labute approximate surface area is 259 Å². The third-order valence-corrected chi connectivity index (χ3v) is 9.58. The Hall–Kier alpha value is -2.99. The number of esters is 1. The normalized spacial score (nSPS) is 19.8. The number of carbonyl (C=O) groups excluding carboxylic acids is 3. The Morgan fingerprint density at radius 2 is 1.86 bits per heavy atom. The fraction of sp³-hybridized carbons (Fsp3) is 0.484. The van der Waals surface area contributed by atoms with Crippen molar-refractivity contribution in [1.82, 2.24) is 14.7 Å².